The van der Waals surface area contributed by atoms with Crippen molar-refractivity contribution < 1.29 is 17.9 Å². The third-order valence-electron chi connectivity index (χ3n) is 6.66. The Hall–Kier alpha value is -3.03. The van der Waals surface area contributed by atoms with Gasteiger partial charge in [0.05, 0.1) is 24.1 Å². The summed E-state index contributed by atoms with van der Waals surface area (Å²) in [4.78, 5) is 8.11. The molecule has 0 spiro atoms. The van der Waals surface area contributed by atoms with E-state index in [0.29, 0.717) is 23.9 Å². The second kappa shape index (κ2) is 7.25. The van der Waals surface area contributed by atoms with E-state index < -0.39 is 17.2 Å². The maximum Gasteiger partial charge on any atom is 0.421 e. The van der Waals surface area contributed by atoms with Crippen molar-refractivity contribution in [3.63, 3.8) is 0 Å². The van der Waals surface area contributed by atoms with Crippen LogP contribution >= 0.6 is 0 Å². The Balaban J connectivity index is 1.66. The van der Waals surface area contributed by atoms with Crippen LogP contribution in [0.5, 0.6) is 5.75 Å². The van der Waals surface area contributed by atoms with Gasteiger partial charge in [0.15, 0.2) is 11.6 Å². The number of fused-ring (bicyclic) bond motifs is 4. The van der Waals surface area contributed by atoms with Crippen LogP contribution in [-0.4, -0.2) is 32.4 Å². The minimum Gasteiger partial charge on any atom is -0.487 e. The molecule has 32 heavy (non-hydrogen) atoms. The molecule has 8 nitrogen and oxygen atoms in total. The second-order valence-electron chi connectivity index (χ2n) is 9.27. The summed E-state index contributed by atoms with van der Waals surface area (Å²) in [6.45, 7) is 3.85. The summed E-state index contributed by atoms with van der Waals surface area (Å²) < 4.78 is 48.7. The fourth-order valence-corrected chi connectivity index (χ4v) is 4.22. The molecule has 5 rings (SSSR count). The highest BCUT2D eigenvalue weighted by atomic mass is 19.4. The number of hydrogen-bond donors (Lipinski definition) is 2. The highest BCUT2D eigenvalue weighted by molar-refractivity contribution is 5.64. The molecule has 170 valence electrons. The molecule has 3 heterocycles. The van der Waals surface area contributed by atoms with E-state index in [2.05, 4.69) is 26.7 Å². The first-order chi connectivity index (χ1) is 15.2. The summed E-state index contributed by atoms with van der Waals surface area (Å²) in [7, 11) is 0. The number of nitrogens with one attached hydrogen (secondary N) is 2. The fourth-order valence-electron chi connectivity index (χ4n) is 4.22. The molecule has 2 aromatic heterocycles. The Morgan fingerprint density at radius 2 is 2.00 bits per heavy atom. The molecule has 2 fully saturated rings. The summed E-state index contributed by atoms with van der Waals surface area (Å²) in [5.41, 5.74) is -1.30. The van der Waals surface area contributed by atoms with Gasteiger partial charge >= 0.3 is 6.18 Å². The van der Waals surface area contributed by atoms with Crippen LogP contribution in [0.15, 0.2) is 6.20 Å². The molecular weight excluding hydrogens is 423 g/mol. The summed E-state index contributed by atoms with van der Waals surface area (Å²) in [6, 6.07) is 2.22. The van der Waals surface area contributed by atoms with Crippen LogP contribution in [0.1, 0.15) is 63.3 Å². The van der Waals surface area contributed by atoms with E-state index in [4.69, 9.17) is 9.84 Å². The van der Waals surface area contributed by atoms with Crippen LogP contribution in [0.4, 0.5) is 30.8 Å². The number of hydrogen-bond acceptors (Lipinski definition) is 7. The average Bonchev–Trinajstić information content (AvgIpc) is 3.01. The molecule has 2 aliphatic carbocycles. The summed E-state index contributed by atoms with van der Waals surface area (Å²) in [6.07, 6.45) is 0.691. The number of nitrogens with zero attached hydrogens (tertiary/aromatic N) is 5. The first kappa shape index (κ1) is 20.8. The predicted octanol–water partition coefficient (Wildman–Crippen LogP) is 4.54. The van der Waals surface area contributed by atoms with E-state index in [0.717, 1.165) is 38.3 Å². The zero-order valence-corrected chi connectivity index (χ0v) is 17.8. The zero-order valence-electron chi connectivity index (χ0n) is 17.8. The standard InChI is InChI=1S/C21H24F3N7O/c1-20(2,10-25)16-15-18(31(30-16)12-4-3-5-12)29-19-26-8-13(21(22,23)24)17(28-19)27-14-7-6-11(14)9-32-15/h8,11-12,14H,3-7,9H2,1-2H3,(H2,26,27,28,29)/t11-,14+/m1/s1. The topological polar surface area (TPSA) is 101 Å². The van der Waals surface area contributed by atoms with Crippen LogP contribution in [0.25, 0.3) is 0 Å². The lowest BCUT2D eigenvalue weighted by molar-refractivity contribution is -0.137. The van der Waals surface area contributed by atoms with Gasteiger partial charge in [-0.25, -0.2) is 9.67 Å². The van der Waals surface area contributed by atoms with Crippen LogP contribution in [0, 0.1) is 17.2 Å². The van der Waals surface area contributed by atoms with Crippen LogP contribution in [0.3, 0.4) is 0 Å². The first-order valence-corrected chi connectivity index (χ1v) is 10.8. The number of ether oxygens (including phenoxy) is 1. The number of alkyl halides is 3. The molecule has 3 aliphatic rings. The Labute approximate surface area is 183 Å². The van der Waals surface area contributed by atoms with E-state index in [1.54, 1.807) is 18.5 Å². The van der Waals surface area contributed by atoms with Crippen LogP contribution in [0.2, 0.25) is 0 Å². The lowest BCUT2D eigenvalue weighted by Crippen LogP contribution is -2.42. The van der Waals surface area contributed by atoms with E-state index in [9.17, 15) is 18.4 Å². The number of anilines is 3. The largest absolute Gasteiger partial charge is 0.487 e. The van der Waals surface area contributed by atoms with E-state index >= 15 is 0 Å². The highest BCUT2D eigenvalue weighted by Gasteiger charge is 2.41. The number of halogens is 3. The molecular formula is C21H24F3N7O. The van der Waals surface area contributed by atoms with Gasteiger partial charge in [-0.3, -0.25) is 0 Å². The Morgan fingerprint density at radius 3 is 2.59 bits per heavy atom. The molecule has 0 saturated heterocycles. The van der Waals surface area contributed by atoms with Gasteiger partial charge in [0.2, 0.25) is 5.95 Å². The maximum absolute atomic E-state index is 13.6. The number of aromatic nitrogens is 4. The first-order valence-electron chi connectivity index (χ1n) is 10.8. The van der Waals surface area contributed by atoms with Gasteiger partial charge in [0.25, 0.3) is 0 Å². The van der Waals surface area contributed by atoms with Gasteiger partial charge in [0.1, 0.15) is 17.1 Å². The van der Waals surface area contributed by atoms with Crippen LogP contribution < -0.4 is 15.4 Å². The second-order valence-corrected chi connectivity index (χ2v) is 9.27. The Morgan fingerprint density at radius 1 is 1.22 bits per heavy atom. The van der Waals surface area contributed by atoms with Crippen molar-refractivity contribution in [3.05, 3.63) is 17.5 Å². The fraction of sp³-hybridized carbons (Fsp3) is 0.619. The molecule has 11 heteroatoms. The SMILES string of the molecule is CC(C)(C#N)c1nn(C2CCC2)c2c1OC[C@H]1CC[C@@H]1Nc1nc(ncc1C(F)(F)F)N2. The quantitative estimate of drug-likeness (QED) is 0.697. The molecule has 2 atom stereocenters. The molecule has 2 aromatic rings. The van der Waals surface area contributed by atoms with Gasteiger partial charge < -0.3 is 15.4 Å². The predicted molar refractivity (Wildman–Crippen MR) is 110 cm³/mol. The molecule has 0 amide bonds. The van der Waals surface area contributed by atoms with E-state index in [1.165, 1.54) is 0 Å². The third-order valence-corrected chi connectivity index (χ3v) is 6.66. The van der Waals surface area contributed by atoms with Crippen molar-refractivity contribution in [3.8, 4) is 11.8 Å². The third kappa shape index (κ3) is 3.42. The molecule has 0 unspecified atom stereocenters. The summed E-state index contributed by atoms with van der Waals surface area (Å²) in [5, 5.41) is 20.5. The molecule has 1 aliphatic heterocycles. The van der Waals surface area contributed by atoms with Crippen molar-refractivity contribution in [2.45, 2.75) is 69.6 Å². The minimum atomic E-state index is -4.57. The van der Waals surface area contributed by atoms with Gasteiger partial charge in [-0.1, -0.05) is 0 Å². The van der Waals surface area contributed by atoms with Gasteiger partial charge in [0, 0.05) is 18.2 Å². The Kier molecular flexibility index (Phi) is 4.72. The summed E-state index contributed by atoms with van der Waals surface area (Å²) >= 11 is 0. The number of rotatable bonds is 2. The van der Waals surface area contributed by atoms with E-state index in [-0.39, 0.29) is 29.8 Å². The van der Waals surface area contributed by atoms with Crippen molar-refractivity contribution >= 4 is 17.6 Å². The van der Waals surface area contributed by atoms with Gasteiger partial charge in [-0.2, -0.15) is 28.5 Å². The molecule has 2 bridgehead atoms. The lowest BCUT2D eigenvalue weighted by atomic mass is 9.80. The molecule has 2 saturated carbocycles. The van der Waals surface area contributed by atoms with Gasteiger partial charge in [-0.15, -0.1) is 0 Å². The minimum absolute atomic E-state index is 0.0184. The number of nitriles is 1. The smallest absolute Gasteiger partial charge is 0.421 e. The maximum atomic E-state index is 13.6. The lowest BCUT2D eigenvalue weighted by Gasteiger charge is -2.37. The van der Waals surface area contributed by atoms with Crippen LogP contribution in [-0.2, 0) is 11.6 Å². The monoisotopic (exact) mass is 447 g/mol. The highest BCUT2D eigenvalue weighted by Crippen LogP contribution is 2.45. The summed E-state index contributed by atoms with van der Waals surface area (Å²) in [5.74, 6) is 0.730. The van der Waals surface area contributed by atoms with Gasteiger partial charge in [-0.05, 0) is 46.0 Å². The average molecular weight is 447 g/mol. The Bertz CT molecular complexity index is 1080. The van der Waals surface area contributed by atoms with Crippen molar-refractivity contribution in [1.82, 2.24) is 19.7 Å². The molecule has 2 N–H and O–H groups in total. The van der Waals surface area contributed by atoms with Crippen molar-refractivity contribution in [2.75, 3.05) is 17.2 Å². The normalized spacial score (nSPS) is 23.0. The zero-order chi connectivity index (χ0) is 22.7. The van der Waals surface area contributed by atoms with Crippen molar-refractivity contribution in [1.29, 1.82) is 5.26 Å². The molecule has 0 aromatic carbocycles. The van der Waals surface area contributed by atoms with E-state index in [1.807, 2.05) is 0 Å². The molecule has 0 radical (unpaired) electrons. The van der Waals surface area contributed by atoms with Crippen molar-refractivity contribution in [2.24, 2.45) is 5.92 Å².